The number of aliphatic hydroxyl groups excluding tert-OH is 1. The third-order valence-electron chi connectivity index (χ3n) is 2.41. The van der Waals surface area contributed by atoms with Gasteiger partial charge in [-0.3, -0.25) is 4.79 Å². The van der Waals surface area contributed by atoms with Gasteiger partial charge in [0.2, 0.25) is 5.91 Å². The van der Waals surface area contributed by atoms with E-state index in [9.17, 15) is 14.3 Å². The van der Waals surface area contributed by atoms with Crippen LogP contribution in [0.15, 0.2) is 0 Å². The Bertz CT molecular complexity index is 200. The summed E-state index contributed by atoms with van der Waals surface area (Å²) in [6, 6.07) is -1.18. The lowest BCUT2D eigenvalue weighted by Crippen LogP contribution is -2.51. The van der Waals surface area contributed by atoms with E-state index in [0.29, 0.717) is 6.42 Å². The smallest absolute Gasteiger partial charge is 0.237 e. The first-order chi connectivity index (χ1) is 6.93. The minimum Gasteiger partial charge on any atom is -0.388 e. The van der Waals surface area contributed by atoms with Crippen LogP contribution in [0.4, 0.5) is 4.39 Å². The van der Waals surface area contributed by atoms with Crippen molar-refractivity contribution in [3.05, 3.63) is 0 Å². The summed E-state index contributed by atoms with van der Waals surface area (Å²) in [5, 5.41) is 11.8. The summed E-state index contributed by atoms with van der Waals surface area (Å²) in [7, 11) is 0. The van der Waals surface area contributed by atoms with Crippen LogP contribution in [0.5, 0.6) is 0 Å². The second-order valence-corrected chi connectivity index (χ2v) is 4.01. The zero-order valence-corrected chi connectivity index (χ0v) is 9.53. The molecule has 0 fully saturated rings. The van der Waals surface area contributed by atoms with Gasteiger partial charge in [0.1, 0.15) is 12.8 Å². The zero-order chi connectivity index (χ0) is 12.0. The van der Waals surface area contributed by atoms with E-state index < -0.39 is 24.9 Å². The molecule has 0 aliphatic rings. The molecule has 3 atom stereocenters. The predicted octanol–water partition coefficient (Wildman–Crippen LogP) is 0.195. The van der Waals surface area contributed by atoms with E-state index in [4.69, 9.17) is 5.73 Å². The summed E-state index contributed by atoms with van der Waals surface area (Å²) in [5.74, 6) is -0.325. The second-order valence-electron chi connectivity index (χ2n) is 4.01. The third-order valence-corrected chi connectivity index (χ3v) is 2.41. The van der Waals surface area contributed by atoms with Crippen molar-refractivity contribution in [1.82, 2.24) is 5.32 Å². The van der Waals surface area contributed by atoms with Gasteiger partial charge in [0, 0.05) is 0 Å². The highest BCUT2D eigenvalue weighted by Gasteiger charge is 2.23. The average molecular weight is 220 g/mol. The van der Waals surface area contributed by atoms with Crippen LogP contribution in [0, 0.1) is 5.92 Å². The summed E-state index contributed by atoms with van der Waals surface area (Å²) < 4.78 is 12.2. The number of halogens is 1. The second kappa shape index (κ2) is 6.74. The minimum absolute atomic E-state index is 0.0185. The van der Waals surface area contributed by atoms with Crippen molar-refractivity contribution in [3.8, 4) is 0 Å². The Hall–Kier alpha value is -0.680. The van der Waals surface area contributed by atoms with Crippen molar-refractivity contribution in [2.24, 2.45) is 11.7 Å². The highest BCUT2D eigenvalue weighted by Crippen LogP contribution is 2.03. The molecule has 0 bridgehead atoms. The predicted molar refractivity (Wildman–Crippen MR) is 57.0 cm³/mol. The Morgan fingerprint density at radius 1 is 1.53 bits per heavy atom. The summed E-state index contributed by atoms with van der Waals surface area (Å²) in [6.07, 6.45) is -0.680. The Labute approximate surface area is 90.0 Å². The van der Waals surface area contributed by atoms with Gasteiger partial charge in [0.15, 0.2) is 0 Å². The van der Waals surface area contributed by atoms with Crippen LogP contribution in [0.1, 0.15) is 27.2 Å². The van der Waals surface area contributed by atoms with E-state index in [1.807, 2.05) is 13.8 Å². The van der Waals surface area contributed by atoms with Crippen molar-refractivity contribution in [1.29, 1.82) is 0 Å². The molecule has 1 amide bonds. The molecule has 0 aromatic rings. The molecule has 15 heavy (non-hydrogen) atoms. The third kappa shape index (κ3) is 4.57. The molecule has 0 aromatic carbocycles. The summed E-state index contributed by atoms with van der Waals surface area (Å²) in [6.45, 7) is 4.56. The average Bonchev–Trinajstić information content (AvgIpc) is 2.22. The maximum atomic E-state index is 12.2. The molecule has 0 rings (SSSR count). The molecule has 0 aliphatic heterocycles. The number of nitrogens with one attached hydrogen (secondary N) is 1. The Morgan fingerprint density at radius 2 is 2.07 bits per heavy atom. The van der Waals surface area contributed by atoms with Gasteiger partial charge in [-0.2, -0.15) is 0 Å². The lowest BCUT2D eigenvalue weighted by molar-refractivity contribution is -0.124. The number of carbonyl (C=O) groups excluding carboxylic acids is 1. The largest absolute Gasteiger partial charge is 0.388 e. The number of alkyl halides is 1. The first kappa shape index (κ1) is 14.3. The lowest BCUT2D eigenvalue weighted by Gasteiger charge is -2.23. The van der Waals surface area contributed by atoms with Gasteiger partial charge in [0.25, 0.3) is 0 Å². The van der Waals surface area contributed by atoms with Gasteiger partial charge >= 0.3 is 0 Å². The van der Waals surface area contributed by atoms with Crippen LogP contribution >= 0.6 is 0 Å². The monoisotopic (exact) mass is 220 g/mol. The van der Waals surface area contributed by atoms with Gasteiger partial charge in [-0.1, -0.05) is 20.8 Å². The minimum atomic E-state index is -1.15. The maximum absolute atomic E-state index is 12.2. The quantitative estimate of drug-likeness (QED) is 0.598. The number of carbonyl (C=O) groups is 1. The SMILES string of the molecule is CCC(NC(=O)C(N)C(C)C)C(O)CF. The molecule has 0 aromatic heterocycles. The topological polar surface area (TPSA) is 75.4 Å². The molecule has 0 heterocycles. The maximum Gasteiger partial charge on any atom is 0.237 e. The Balaban J connectivity index is 4.24. The first-order valence-corrected chi connectivity index (χ1v) is 5.24. The van der Waals surface area contributed by atoms with Crippen molar-refractivity contribution in [2.45, 2.75) is 45.4 Å². The fraction of sp³-hybridized carbons (Fsp3) is 0.900. The van der Waals surface area contributed by atoms with Crippen molar-refractivity contribution >= 4 is 5.91 Å². The highest BCUT2D eigenvalue weighted by atomic mass is 19.1. The summed E-state index contributed by atoms with van der Waals surface area (Å²) >= 11 is 0. The molecule has 0 saturated heterocycles. The van der Waals surface area contributed by atoms with E-state index in [2.05, 4.69) is 5.32 Å². The van der Waals surface area contributed by atoms with Crippen LogP contribution < -0.4 is 11.1 Å². The summed E-state index contributed by atoms with van der Waals surface area (Å²) in [5.41, 5.74) is 5.62. The first-order valence-electron chi connectivity index (χ1n) is 5.24. The van der Waals surface area contributed by atoms with Crippen LogP contribution in [0.2, 0.25) is 0 Å². The van der Waals surface area contributed by atoms with Crippen molar-refractivity contribution in [2.75, 3.05) is 6.67 Å². The van der Waals surface area contributed by atoms with Crippen LogP contribution in [0.3, 0.4) is 0 Å². The van der Waals surface area contributed by atoms with E-state index in [1.54, 1.807) is 6.92 Å². The molecule has 0 radical (unpaired) electrons. The standard InChI is InChI=1S/C10H21FN2O2/c1-4-7(8(14)5-11)13-10(15)9(12)6(2)3/h6-9,14H,4-5,12H2,1-3H3,(H,13,15). The molecule has 5 heteroatoms. The normalized spacial score (nSPS) is 17.3. The molecule has 3 unspecified atom stereocenters. The van der Waals surface area contributed by atoms with Crippen molar-refractivity contribution in [3.63, 3.8) is 0 Å². The molecule has 0 saturated carbocycles. The molecule has 4 N–H and O–H groups in total. The molecular weight excluding hydrogens is 199 g/mol. The highest BCUT2D eigenvalue weighted by molar-refractivity contribution is 5.82. The van der Waals surface area contributed by atoms with Gasteiger partial charge in [-0.05, 0) is 12.3 Å². The van der Waals surface area contributed by atoms with Gasteiger partial charge < -0.3 is 16.2 Å². The van der Waals surface area contributed by atoms with E-state index >= 15 is 0 Å². The van der Waals surface area contributed by atoms with Gasteiger partial charge in [-0.15, -0.1) is 0 Å². The number of aliphatic hydroxyl groups is 1. The lowest BCUT2D eigenvalue weighted by atomic mass is 10.0. The number of rotatable bonds is 6. The Kier molecular flexibility index (Phi) is 6.43. The number of nitrogens with two attached hydrogens (primary N) is 1. The van der Waals surface area contributed by atoms with E-state index in [1.165, 1.54) is 0 Å². The van der Waals surface area contributed by atoms with E-state index in [-0.39, 0.29) is 11.8 Å². The van der Waals surface area contributed by atoms with Crippen LogP contribution in [-0.2, 0) is 4.79 Å². The van der Waals surface area contributed by atoms with Crippen molar-refractivity contribution < 1.29 is 14.3 Å². The Morgan fingerprint density at radius 3 is 2.40 bits per heavy atom. The summed E-state index contributed by atoms with van der Waals surface area (Å²) in [4.78, 5) is 11.5. The fourth-order valence-electron chi connectivity index (χ4n) is 1.16. The molecular formula is C10H21FN2O2. The molecule has 4 nitrogen and oxygen atoms in total. The number of hydrogen-bond acceptors (Lipinski definition) is 3. The number of amides is 1. The zero-order valence-electron chi connectivity index (χ0n) is 9.53. The van der Waals surface area contributed by atoms with E-state index in [0.717, 1.165) is 0 Å². The molecule has 0 spiro atoms. The van der Waals surface area contributed by atoms with Crippen LogP contribution in [0.25, 0.3) is 0 Å². The molecule has 90 valence electrons. The molecule has 0 aliphatic carbocycles. The van der Waals surface area contributed by atoms with Gasteiger partial charge in [0.05, 0.1) is 12.1 Å². The van der Waals surface area contributed by atoms with Crippen LogP contribution in [-0.4, -0.2) is 35.9 Å². The number of hydrogen-bond donors (Lipinski definition) is 3. The fourth-order valence-corrected chi connectivity index (χ4v) is 1.16. The van der Waals surface area contributed by atoms with Gasteiger partial charge in [-0.25, -0.2) is 4.39 Å².